The lowest BCUT2D eigenvalue weighted by molar-refractivity contribution is 0.0484. The standard InChI is InChI=1S/C22H20FNO4/c23-16-7-5-15(6-8-16)22(9-11-27-12-10-22)14-24-21(26)20-13-18(25)17-3-1-2-4-19(17)28-20/h1-8,13H,9-12,14H2,(H,24,26). The molecule has 2 heterocycles. The van der Waals surface area contributed by atoms with Gasteiger partial charge in [-0.25, -0.2) is 4.39 Å². The molecular formula is C22H20FNO4. The third-order valence-corrected chi connectivity index (χ3v) is 5.35. The van der Waals surface area contributed by atoms with Crippen LogP contribution in [0.1, 0.15) is 29.0 Å². The summed E-state index contributed by atoms with van der Waals surface area (Å²) in [5.41, 5.74) is 0.724. The Morgan fingerprint density at radius 2 is 1.79 bits per heavy atom. The first-order valence-corrected chi connectivity index (χ1v) is 9.22. The number of carbonyl (C=O) groups excluding carboxylic acids is 1. The molecule has 1 aliphatic rings. The van der Waals surface area contributed by atoms with Crippen molar-refractivity contribution in [2.45, 2.75) is 18.3 Å². The molecule has 3 aromatic rings. The molecule has 0 atom stereocenters. The van der Waals surface area contributed by atoms with E-state index in [1.54, 1.807) is 36.4 Å². The summed E-state index contributed by atoms with van der Waals surface area (Å²) in [7, 11) is 0. The van der Waals surface area contributed by atoms with Crippen molar-refractivity contribution >= 4 is 16.9 Å². The topological polar surface area (TPSA) is 68.5 Å². The van der Waals surface area contributed by atoms with E-state index in [9.17, 15) is 14.0 Å². The highest BCUT2D eigenvalue weighted by Gasteiger charge is 2.35. The van der Waals surface area contributed by atoms with Crippen molar-refractivity contribution in [3.63, 3.8) is 0 Å². The molecule has 0 saturated carbocycles. The van der Waals surface area contributed by atoms with Gasteiger partial charge in [0.15, 0.2) is 11.2 Å². The molecule has 0 radical (unpaired) electrons. The van der Waals surface area contributed by atoms with E-state index in [1.807, 2.05) is 0 Å². The molecule has 0 bridgehead atoms. The number of carbonyl (C=O) groups is 1. The van der Waals surface area contributed by atoms with Crippen molar-refractivity contribution in [1.29, 1.82) is 0 Å². The largest absolute Gasteiger partial charge is 0.451 e. The average Bonchev–Trinajstić information content (AvgIpc) is 2.73. The van der Waals surface area contributed by atoms with Crippen LogP contribution in [-0.2, 0) is 10.2 Å². The van der Waals surface area contributed by atoms with Gasteiger partial charge in [0.05, 0.1) is 5.39 Å². The number of amides is 1. The number of benzene rings is 2. The van der Waals surface area contributed by atoms with Crippen LogP contribution >= 0.6 is 0 Å². The molecule has 5 nitrogen and oxygen atoms in total. The van der Waals surface area contributed by atoms with Crippen LogP contribution in [0.2, 0.25) is 0 Å². The van der Waals surface area contributed by atoms with E-state index in [0.29, 0.717) is 43.6 Å². The van der Waals surface area contributed by atoms with Gasteiger partial charge in [0.25, 0.3) is 5.91 Å². The minimum absolute atomic E-state index is 0.0231. The SMILES string of the molecule is O=C(NCC1(c2ccc(F)cc2)CCOCC1)c1cc(=O)c2ccccc2o1. The Labute approximate surface area is 161 Å². The highest BCUT2D eigenvalue weighted by atomic mass is 19.1. The van der Waals surface area contributed by atoms with Gasteiger partial charge in [0, 0.05) is 31.2 Å². The van der Waals surface area contributed by atoms with Crippen molar-refractivity contribution in [1.82, 2.24) is 5.32 Å². The molecular weight excluding hydrogens is 361 g/mol. The van der Waals surface area contributed by atoms with Crippen molar-refractivity contribution in [3.8, 4) is 0 Å². The molecule has 0 spiro atoms. The van der Waals surface area contributed by atoms with E-state index < -0.39 is 5.91 Å². The number of ether oxygens (including phenoxy) is 1. The first-order chi connectivity index (χ1) is 13.6. The predicted molar refractivity (Wildman–Crippen MR) is 103 cm³/mol. The lowest BCUT2D eigenvalue weighted by Crippen LogP contribution is -2.44. The van der Waals surface area contributed by atoms with E-state index >= 15 is 0 Å². The van der Waals surface area contributed by atoms with Gasteiger partial charge < -0.3 is 14.5 Å². The lowest BCUT2D eigenvalue weighted by Gasteiger charge is -2.37. The number of halogens is 1. The maximum Gasteiger partial charge on any atom is 0.287 e. The van der Waals surface area contributed by atoms with Gasteiger partial charge in [0.2, 0.25) is 0 Å². The monoisotopic (exact) mass is 381 g/mol. The first-order valence-electron chi connectivity index (χ1n) is 9.22. The maximum absolute atomic E-state index is 13.3. The third-order valence-electron chi connectivity index (χ3n) is 5.35. The Hall–Kier alpha value is -2.99. The lowest BCUT2D eigenvalue weighted by atomic mass is 9.74. The van der Waals surface area contributed by atoms with Gasteiger partial charge in [-0.2, -0.15) is 0 Å². The first kappa shape index (κ1) is 18.4. The van der Waals surface area contributed by atoms with E-state index in [0.717, 1.165) is 5.56 Å². The molecule has 1 aromatic heterocycles. The fourth-order valence-electron chi connectivity index (χ4n) is 3.69. The summed E-state index contributed by atoms with van der Waals surface area (Å²) in [5, 5.41) is 3.33. The normalized spacial score (nSPS) is 16.0. The molecule has 0 aliphatic carbocycles. The second kappa shape index (κ2) is 7.56. The molecule has 1 N–H and O–H groups in total. The molecule has 0 unspecified atom stereocenters. The van der Waals surface area contributed by atoms with Gasteiger partial charge in [-0.15, -0.1) is 0 Å². The molecule has 4 rings (SSSR count). The Morgan fingerprint density at radius 1 is 1.07 bits per heavy atom. The molecule has 6 heteroatoms. The third kappa shape index (κ3) is 3.55. The van der Waals surface area contributed by atoms with Crippen molar-refractivity contribution in [3.05, 3.63) is 82.0 Å². The summed E-state index contributed by atoms with van der Waals surface area (Å²) >= 11 is 0. The van der Waals surface area contributed by atoms with Crippen molar-refractivity contribution < 1.29 is 18.3 Å². The molecule has 1 saturated heterocycles. The van der Waals surface area contributed by atoms with Gasteiger partial charge in [-0.3, -0.25) is 9.59 Å². The second-order valence-corrected chi connectivity index (χ2v) is 7.05. The molecule has 2 aromatic carbocycles. The summed E-state index contributed by atoms with van der Waals surface area (Å²) in [4.78, 5) is 24.9. The Balaban J connectivity index is 1.58. The summed E-state index contributed by atoms with van der Waals surface area (Å²) in [6.45, 7) is 1.48. The fraction of sp³-hybridized carbons (Fsp3) is 0.273. The van der Waals surface area contributed by atoms with Gasteiger partial charge in [0.1, 0.15) is 11.4 Å². The number of rotatable bonds is 4. The van der Waals surface area contributed by atoms with Crippen LogP contribution in [-0.4, -0.2) is 25.7 Å². The van der Waals surface area contributed by atoms with Crippen LogP contribution in [0, 0.1) is 5.82 Å². The smallest absolute Gasteiger partial charge is 0.287 e. The van der Waals surface area contributed by atoms with Crippen LogP contribution in [0.3, 0.4) is 0 Å². The van der Waals surface area contributed by atoms with E-state index in [-0.39, 0.29) is 22.4 Å². The van der Waals surface area contributed by atoms with E-state index in [2.05, 4.69) is 5.32 Å². The molecule has 28 heavy (non-hydrogen) atoms. The maximum atomic E-state index is 13.3. The summed E-state index contributed by atoms with van der Waals surface area (Å²) < 4.78 is 24.4. The number of fused-ring (bicyclic) bond motifs is 1. The van der Waals surface area contributed by atoms with Crippen LogP contribution < -0.4 is 10.7 Å². The minimum atomic E-state index is -0.448. The van der Waals surface area contributed by atoms with E-state index in [1.165, 1.54) is 18.2 Å². The average molecular weight is 381 g/mol. The van der Waals surface area contributed by atoms with Crippen molar-refractivity contribution in [2.24, 2.45) is 0 Å². The van der Waals surface area contributed by atoms with Crippen LogP contribution in [0.4, 0.5) is 4.39 Å². The quantitative estimate of drug-likeness (QED) is 0.752. The van der Waals surface area contributed by atoms with Gasteiger partial charge >= 0.3 is 0 Å². The van der Waals surface area contributed by atoms with Crippen LogP contribution in [0.25, 0.3) is 11.0 Å². The Kier molecular flexibility index (Phi) is 4.96. The van der Waals surface area contributed by atoms with Crippen LogP contribution in [0.5, 0.6) is 0 Å². The summed E-state index contributed by atoms with van der Waals surface area (Å²) in [6, 6.07) is 14.4. The van der Waals surface area contributed by atoms with Crippen LogP contribution in [0.15, 0.2) is 63.8 Å². The zero-order valence-corrected chi connectivity index (χ0v) is 15.2. The molecule has 1 fully saturated rings. The summed E-state index contributed by atoms with van der Waals surface area (Å²) in [6.07, 6.45) is 1.42. The summed E-state index contributed by atoms with van der Waals surface area (Å²) in [5.74, 6) is -0.770. The molecule has 144 valence electrons. The fourth-order valence-corrected chi connectivity index (χ4v) is 3.69. The Morgan fingerprint density at radius 3 is 2.54 bits per heavy atom. The number of nitrogens with one attached hydrogen (secondary N) is 1. The molecule has 1 amide bonds. The van der Waals surface area contributed by atoms with Gasteiger partial charge in [-0.05, 0) is 42.7 Å². The zero-order valence-electron chi connectivity index (χ0n) is 15.2. The van der Waals surface area contributed by atoms with Gasteiger partial charge in [-0.1, -0.05) is 24.3 Å². The second-order valence-electron chi connectivity index (χ2n) is 7.05. The molecule has 1 aliphatic heterocycles. The predicted octanol–water partition coefficient (Wildman–Crippen LogP) is 3.41. The zero-order chi connectivity index (χ0) is 19.6. The van der Waals surface area contributed by atoms with E-state index in [4.69, 9.17) is 9.15 Å². The number of hydrogen-bond acceptors (Lipinski definition) is 4. The highest BCUT2D eigenvalue weighted by Crippen LogP contribution is 2.34. The highest BCUT2D eigenvalue weighted by molar-refractivity contribution is 5.93. The minimum Gasteiger partial charge on any atom is -0.451 e. The Bertz CT molecular complexity index is 1050. The number of para-hydroxylation sites is 1. The number of hydrogen-bond donors (Lipinski definition) is 1. The van der Waals surface area contributed by atoms with Crippen molar-refractivity contribution in [2.75, 3.05) is 19.8 Å².